The Morgan fingerprint density at radius 1 is 1.04 bits per heavy atom. The molecule has 0 fully saturated rings. The summed E-state index contributed by atoms with van der Waals surface area (Å²) < 4.78 is 2.00. The van der Waals surface area contributed by atoms with Crippen LogP contribution in [0, 0.1) is 13.8 Å². The summed E-state index contributed by atoms with van der Waals surface area (Å²) in [5.74, 6) is 0.775. The Kier molecular flexibility index (Phi) is 6.76. The van der Waals surface area contributed by atoms with Crippen LogP contribution in [0.3, 0.4) is 0 Å². The van der Waals surface area contributed by atoms with Crippen LogP contribution in [-0.2, 0) is 13.1 Å². The van der Waals surface area contributed by atoms with Gasteiger partial charge in [0.2, 0.25) is 0 Å². The standard InChI is InChI=1S/C22H27N5S/c1-16-13-17(2)27(26-16)21-8-6-5-7-19(21)15-25-22(23-3)24-14-18-9-11-20(28-4)12-10-18/h5-13H,14-15H2,1-4H3,(H2,23,24,25). The number of benzene rings is 2. The van der Waals surface area contributed by atoms with Crippen molar-refractivity contribution >= 4 is 17.7 Å². The zero-order chi connectivity index (χ0) is 19.9. The van der Waals surface area contributed by atoms with Gasteiger partial charge in [0.1, 0.15) is 0 Å². The normalized spacial score (nSPS) is 11.5. The van der Waals surface area contributed by atoms with Gasteiger partial charge in [-0.15, -0.1) is 11.8 Å². The van der Waals surface area contributed by atoms with Gasteiger partial charge in [-0.25, -0.2) is 4.68 Å². The van der Waals surface area contributed by atoms with Gasteiger partial charge in [-0.05, 0) is 55.5 Å². The van der Waals surface area contributed by atoms with E-state index in [4.69, 9.17) is 0 Å². The van der Waals surface area contributed by atoms with Crippen LogP contribution in [0.25, 0.3) is 5.69 Å². The highest BCUT2D eigenvalue weighted by Crippen LogP contribution is 2.17. The molecule has 5 nitrogen and oxygen atoms in total. The Labute approximate surface area is 171 Å². The van der Waals surface area contributed by atoms with Crippen LogP contribution in [-0.4, -0.2) is 29.0 Å². The minimum absolute atomic E-state index is 0.666. The lowest BCUT2D eigenvalue weighted by Gasteiger charge is -2.15. The molecule has 0 spiro atoms. The quantitative estimate of drug-likeness (QED) is 0.376. The summed E-state index contributed by atoms with van der Waals surface area (Å²) in [6, 6.07) is 19.0. The average molecular weight is 394 g/mol. The van der Waals surface area contributed by atoms with Crippen molar-refractivity contribution in [1.82, 2.24) is 20.4 Å². The summed E-state index contributed by atoms with van der Waals surface area (Å²) in [5, 5.41) is 11.4. The number of para-hydroxylation sites is 1. The third kappa shape index (κ3) is 4.95. The molecule has 0 aliphatic carbocycles. The number of guanidine groups is 1. The number of nitrogens with one attached hydrogen (secondary N) is 2. The van der Waals surface area contributed by atoms with Gasteiger partial charge in [-0.1, -0.05) is 30.3 Å². The average Bonchev–Trinajstić information content (AvgIpc) is 3.06. The summed E-state index contributed by atoms with van der Waals surface area (Å²) in [5.41, 5.74) is 5.62. The molecule has 0 bridgehead atoms. The second kappa shape index (κ2) is 9.46. The summed E-state index contributed by atoms with van der Waals surface area (Å²) in [4.78, 5) is 5.61. The van der Waals surface area contributed by atoms with Crippen molar-refractivity contribution in [2.45, 2.75) is 31.8 Å². The third-order valence-corrected chi connectivity index (χ3v) is 5.26. The van der Waals surface area contributed by atoms with Crippen molar-refractivity contribution < 1.29 is 0 Å². The van der Waals surface area contributed by atoms with Crippen LogP contribution in [0.4, 0.5) is 0 Å². The monoisotopic (exact) mass is 393 g/mol. The molecule has 1 heterocycles. The van der Waals surface area contributed by atoms with Crippen molar-refractivity contribution in [3.8, 4) is 5.69 Å². The Balaban J connectivity index is 1.64. The molecule has 0 atom stereocenters. The maximum atomic E-state index is 4.62. The van der Waals surface area contributed by atoms with Gasteiger partial charge < -0.3 is 10.6 Å². The number of aliphatic imine (C=N–C) groups is 1. The van der Waals surface area contributed by atoms with Crippen molar-refractivity contribution in [3.63, 3.8) is 0 Å². The van der Waals surface area contributed by atoms with Gasteiger partial charge in [0, 0.05) is 30.7 Å². The Morgan fingerprint density at radius 3 is 2.39 bits per heavy atom. The molecule has 0 saturated carbocycles. The van der Waals surface area contributed by atoms with Crippen LogP contribution in [0.2, 0.25) is 0 Å². The third-order valence-electron chi connectivity index (χ3n) is 4.52. The second-order valence-corrected chi connectivity index (χ2v) is 7.47. The van der Waals surface area contributed by atoms with E-state index in [-0.39, 0.29) is 0 Å². The molecule has 146 valence electrons. The highest BCUT2D eigenvalue weighted by atomic mass is 32.2. The van der Waals surface area contributed by atoms with Crippen LogP contribution in [0.1, 0.15) is 22.5 Å². The van der Waals surface area contributed by atoms with Gasteiger partial charge in [0.05, 0.1) is 11.4 Å². The molecule has 0 saturated heterocycles. The van der Waals surface area contributed by atoms with Gasteiger partial charge in [0.15, 0.2) is 5.96 Å². The van der Waals surface area contributed by atoms with E-state index < -0.39 is 0 Å². The Morgan fingerprint density at radius 2 is 1.75 bits per heavy atom. The number of rotatable bonds is 6. The number of nitrogens with zero attached hydrogens (tertiary/aromatic N) is 3. The molecule has 0 aliphatic rings. The lowest BCUT2D eigenvalue weighted by atomic mass is 10.1. The molecule has 0 unspecified atom stereocenters. The van der Waals surface area contributed by atoms with E-state index >= 15 is 0 Å². The van der Waals surface area contributed by atoms with Gasteiger partial charge in [0.25, 0.3) is 0 Å². The number of aryl methyl sites for hydroxylation is 2. The van der Waals surface area contributed by atoms with E-state index in [1.54, 1.807) is 18.8 Å². The van der Waals surface area contributed by atoms with E-state index in [0.29, 0.717) is 6.54 Å². The molecule has 3 aromatic rings. The topological polar surface area (TPSA) is 54.2 Å². The zero-order valence-corrected chi connectivity index (χ0v) is 17.7. The smallest absolute Gasteiger partial charge is 0.191 e. The number of hydrogen-bond acceptors (Lipinski definition) is 3. The first-order valence-corrected chi connectivity index (χ1v) is 10.5. The van der Waals surface area contributed by atoms with Crippen LogP contribution in [0.15, 0.2) is 64.5 Å². The van der Waals surface area contributed by atoms with Crippen molar-refractivity contribution in [1.29, 1.82) is 0 Å². The number of thioether (sulfide) groups is 1. The molecule has 0 amide bonds. The van der Waals surface area contributed by atoms with Crippen molar-refractivity contribution in [2.75, 3.05) is 13.3 Å². The molecule has 2 N–H and O–H groups in total. The van der Waals surface area contributed by atoms with Crippen LogP contribution in [0.5, 0.6) is 0 Å². The van der Waals surface area contributed by atoms with Crippen molar-refractivity contribution in [3.05, 3.63) is 77.1 Å². The second-order valence-electron chi connectivity index (χ2n) is 6.60. The first kappa shape index (κ1) is 20.0. The highest BCUT2D eigenvalue weighted by molar-refractivity contribution is 7.98. The number of hydrogen-bond donors (Lipinski definition) is 2. The fourth-order valence-electron chi connectivity index (χ4n) is 3.07. The molecule has 6 heteroatoms. The Hall–Kier alpha value is -2.73. The predicted octanol–water partition coefficient (Wildman–Crippen LogP) is 4.08. The predicted molar refractivity (Wildman–Crippen MR) is 118 cm³/mol. The van der Waals surface area contributed by atoms with Gasteiger partial charge in [-0.2, -0.15) is 5.10 Å². The first-order chi connectivity index (χ1) is 13.6. The minimum atomic E-state index is 0.666. The van der Waals surface area contributed by atoms with Gasteiger partial charge in [-0.3, -0.25) is 4.99 Å². The Bertz CT molecular complexity index is 944. The fraction of sp³-hybridized carbons (Fsp3) is 0.273. The molecule has 2 aromatic carbocycles. The largest absolute Gasteiger partial charge is 0.352 e. The van der Waals surface area contributed by atoms with E-state index in [9.17, 15) is 0 Å². The first-order valence-electron chi connectivity index (χ1n) is 9.29. The highest BCUT2D eigenvalue weighted by Gasteiger charge is 2.09. The molecule has 0 radical (unpaired) electrons. The molecular weight excluding hydrogens is 366 g/mol. The van der Waals surface area contributed by atoms with Crippen LogP contribution < -0.4 is 10.6 Å². The maximum Gasteiger partial charge on any atom is 0.191 e. The summed E-state index contributed by atoms with van der Waals surface area (Å²) >= 11 is 1.75. The number of aromatic nitrogens is 2. The van der Waals surface area contributed by atoms with E-state index in [0.717, 1.165) is 29.6 Å². The van der Waals surface area contributed by atoms with E-state index in [2.05, 4.69) is 82.4 Å². The van der Waals surface area contributed by atoms with Crippen molar-refractivity contribution in [2.24, 2.45) is 4.99 Å². The fourth-order valence-corrected chi connectivity index (χ4v) is 3.48. The maximum absolute atomic E-state index is 4.62. The SMILES string of the molecule is CN=C(NCc1ccc(SC)cc1)NCc1ccccc1-n1nc(C)cc1C. The van der Waals surface area contributed by atoms with Crippen LogP contribution >= 0.6 is 11.8 Å². The molecular formula is C22H27N5S. The molecule has 0 aliphatic heterocycles. The minimum Gasteiger partial charge on any atom is -0.352 e. The molecule has 28 heavy (non-hydrogen) atoms. The molecule has 3 rings (SSSR count). The van der Waals surface area contributed by atoms with Gasteiger partial charge >= 0.3 is 0 Å². The molecule has 1 aromatic heterocycles. The summed E-state index contributed by atoms with van der Waals surface area (Å²) in [7, 11) is 1.79. The lowest BCUT2D eigenvalue weighted by Crippen LogP contribution is -2.36. The zero-order valence-electron chi connectivity index (χ0n) is 16.9. The summed E-state index contributed by atoms with van der Waals surface area (Å²) in [6.45, 7) is 5.49. The van der Waals surface area contributed by atoms with E-state index in [1.165, 1.54) is 16.0 Å². The summed E-state index contributed by atoms with van der Waals surface area (Å²) in [6.07, 6.45) is 2.09. The van der Waals surface area contributed by atoms with E-state index in [1.807, 2.05) is 17.7 Å². The lowest BCUT2D eigenvalue weighted by molar-refractivity contribution is 0.781.